The molecule has 0 unspecified atom stereocenters. The molecule has 0 heterocycles. The number of nitrogens with one attached hydrogen (secondary N) is 1. The topological polar surface area (TPSA) is 47.6 Å². The number of ether oxygens (including phenoxy) is 2. The maximum Gasteiger partial charge on any atom is 0.221 e. The molecule has 0 aromatic heterocycles. The second kappa shape index (κ2) is 6.99. The lowest BCUT2D eigenvalue weighted by atomic mass is 10.2. The van der Waals surface area contributed by atoms with Gasteiger partial charge in [-0.25, -0.2) is 0 Å². The van der Waals surface area contributed by atoms with E-state index in [0.717, 1.165) is 17.0 Å². The number of methoxy groups -OCH3 is 1. The summed E-state index contributed by atoms with van der Waals surface area (Å²) in [7, 11) is 1.61. The Morgan fingerprint density at radius 2 is 1.90 bits per heavy atom. The minimum Gasteiger partial charge on any atom is -0.496 e. The van der Waals surface area contributed by atoms with Crippen LogP contribution in [-0.4, -0.2) is 13.0 Å². The summed E-state index contributed by atoms with van der Waals surface area (Å²) in [5.74, 6) is 1.33. The Bertz CT molecular complexity index is 626. The molecule has 21 heavy (non-hydrogen) atoms. The SMILES string of the molecule is COc1ccc(Cl)cc1COc1ccc(NC(C)=O)cc1. The first-order chi connectivity index (χ1) is 10.1. The van der Waals surface area contributed by atoms with Gasteiger partial charge in [-0.1, -0.05) is 11.6 Å². The Kier molecular flexibility index (Phi) is 5.06. The fraction of sp³-hybridized carbons (Fsp3) is 0.188. The van der Waals surface area contributed by atoms with Crippen molar-refractivity contribution in [2.24, 2.45) is 0 Å². The van der Waals surface area contributed by atoms with Crippen LogP contribution in [0.1, 0.15) is 12.5 Å². The van der Waals surface area contributed by atoms with Gasteiger partial charge in [0.25, 0.3) is 0 Å². The number of anilines is 1. The van der Waals surface area contributed by atoms with Gasteiger partial charge in [0, 0.05) is 23.2 Å². The monoisotopic (exact) mass is 305 g/mol. The molecule has 0 spiro atoms. The van der Waals surface area contributed by atoms with E-state index >= 15 is 0 Å². The maximum absolute atomic E-state index is 10.9. The largest absolute Gasteiger partial charge is 0.496 e. The van der Waals surface area contributed by atoms with Crippen LogP contribution in [0.15, 0.2) is 42.5 Å². The standard InChI is InChI=1S/C16H16ClNO3/c1-11(19)18-14-4-6-15(7-5-14)21-10-12-9-13(17)3-8-16(12)20-2/h3-9H,10H2,1-2H3,(H,18,19). The molecule has 0 aliphatic rings. The molecule has 2 aromatic rings. The van der Waals surface area contributed by atoms with Crippen molar-refractivity contribution in [3.63, 3.8) is 0 Å². The van der Waals surface area contributed by atoms with Crippen LogP contribution in [0.5, 0.6) is 11.5 Å². The third-order valence-electron chi connectivity index (χ3n) is 2.81. The van der Waals surface area contributed by atoms with Gasteiger partial charge in [0.2, 0.25) is 5.91 Å². The number of hydrogen-bond acceptors (Lipinski definition) is 3. The van der Waals surface area contributed by atoms with Gasteiger partial charge >= 0.3 is 0 Å². The van der Waals surface area contributed by atoms with Gasteiger partial charge in [-0.05, 0) is 42.5 Å². The van der Waals surface area contributed by atoms with Crippen molar-refractivity contribution in [2.75, 3.05) is 12.4 Å². The van der Waals surface area contributed by atoms with E-state index < -0.39 is 0 Å². The summed E-state index contributed by atoms with van der Waals surface area (Å²) in [6.07, 6.45) is 0. The molecule has 2 rings (SSSR count). The first-order valence-electron chi connectivity index (χ1n) is 6.41. The van der Waals surface area contributed by atoms with Crippen LogP contribution in [0, 0.1) is 0 Å². The molecule has 0 saturated carbocycles. The highest BCUT2D eigenvalue weighted by molar-refractivity contribution is 6.30. The maximum atomic E-state index is 10.9. The Morgan fingerprint density at radius 3 is 2.52 bits per heavy atom. The molecule has 1 amide bonds. The molecule has 5 heteroatoms. The van der Waals surface area contributed by atoms with Crippen LogP contribution in [0.2, 0.25) is 5.02 Å². The summed E-state index contributed by atoms with van der Waals surface area (Å²) in [6.45, 7) is 1.82. The summed E-state index contributed by atoms with van der Waals surface area (Å²) in [5.41, 5.74) is 1.60. The van der Waals surface area contributed by atoms with Crippen LogP contribution >= 0.6 is 11.6 Å². The van der Waals surface area contributed by atoms with Gasteiger partial charge in [0.05, 0.1) is 7.11 Å². The van der Waals surface area contributed by atoms with E-state index in [-0.39, 0.29) is 5.91 Å². The summed E-state index contributed by atoms with van der Waals surface area (Å²) in [4.78, 5) is 10.9. The van der Waals surface area contributed by atoms with Gasteiger partial charge in [-0.15, -0.1) is 0 Å². The lowest BCUT2D eigenvalue weighted by Gasteiger charge is -2.11. The van der Waals surface area contributed by atoms with E-state index in [9.17, 15) is 4.79 Å². The molecule has 2 aromatic carbocycles. The number of hydrogen-bond donors (Lipinski definition) is 1. The van der Waals surface area contributed by atoms with E-state index in [1.54, 1.807) is 43.5 Å². The van der Waals surface area contributed by atoms with Gasteiger partial charge in [0.15, 0.2) is 0 Å². The molecule has 110 valence electrons. The molecule has 0 saturated heterocycles. The summed E-state index contributed by atoms with van der Waals surface area (Å²) in [5, 5.41) is 3.33. The number of carbonyl (C=O) groups excluding carboxylic acids is 1. The van der Waals surface area contributed by atoms with Gasteiger partial charge < -0.3 is 14.8 Å². The number of benzene rings is 2. The Labute approximate surface area is 128 Å². The predicted octanol–water partition coefficient (Wildman–Crippen LogP) is 3.89. The summed E-state index contributed by atoms with van der Waals surface area (Å²) >= 11 is 5.97. The van der Waals surface area contributed by atoms with Gasteiger partial charge in [-0.3, -0.25) is 4.79 Å². The molecule has 0 aliphatic heterocycles. The van der Waals surface area contributed by atoms with Crippen LogP contribution in [0.4, 0.5) is 5.69 Å². The molecule has 0 atom stereocenters. The van der Waals surface area contributed by atoms with Gasteiger partial charge in [0.1, 0.15) is 18.1 Å². The van der Waals surface area contributed by atoms with Crippen molar-refractivity contribution in [1.29, 1.82) is 0 Å². The highest BCUT2D eigenvalue weighted by atomic mass is 35.5. The average Bonchev–Trinajstić information content (AvgIpc) is 2.46. The lowest BCUT2D eigenvalue weighted by molar-refractivity contribution is -0.114. The zero-order valence-electron chi connectivity index (χ0n) is 11.9. The van der Waals surface area contributed by atoms with Crippen molar-refractivity contribution in [2.45, 2.75) is 13.5 Å². The first kappa shape index (κ1) is 15.2. The third-order valence-corrected chi connectivity index (χ3v) is 3.05. The van der Waals surface area contributed by atoms with Crippen molar-refractivity contribution in [3.05, 3.63) is 53.1 Å². The quantitative estimate of drug-likeness (QED) is 0.911. The molecular weight excluding hydrogens is 290 g/mol. The van der Waals surface area contributed by atoms with Crippen molar-refractivity contribution in [1.82, 2.24) is 0 Å². The number of amides is 1. The van der Waals surface area contributed by atoms with E-state index in [2.05, 4.69) is 5.32 Å². The number of halogens is 1. The zero-order valence-corrected chi connectivity index (χ0v) is 12.6. The normalized spacial score (nSPS) is 10.0. The molecular formula is C16H16ClNO3. The van der Waals surface area contributed by atoms with E-state index in [1.807, 2.05) is 6.07 Å². The first-order valence-corrected chi connectivity index (χ1v) is 6.79. The summed E-state index contributed by atoms with van der Waals surface area (Å²) < 4.78 is 11.0. The van der Waals surface area contributed by atoms with Crippen LogP contribution < -0.4 is 14.8 Å². The van der Waals surface area contributed by atoms with Crippen LogP contribution in [0.25, 0.3) is 0 Å². The second-order valence-electron chi connectivity index (χ2n) is 4.45. The lowest BCUT2D eigenvalue weighted by Crippen LogP contribution is -2.05. The van der Waals surface area contributed by atoms with Crippen LogP contribution in [0.3, 0.4) is 0 Å². The molecule has 0 aliphatic carbocycles. The molecule has 0 fully saturated rings. The highest BCUT2D eigenvalue weighted by Gasteiger charge is 2.05. The Morgan fingerprint density at radius 1 is 1.19 bits per heavy atom. The molecule has 4 nitrogen and oxygen atoms in total. The second-order valence-corrected chi connectivity index (χ2v) is 4.89. The summed E-state index contributed by atoms with van der Waals surface area (Å²) in [6, 6.07) is 12.5. The highest BCUT2D eigenvalue weighted by Crippen LogP contribution is 2.24. The van der Waals surface area contributed by atoms with Crippen molar-refractivity contribution < 1.29 is 14.3 Å². The van der Waals surface area contributed by atoms with Crippen LogP contribution in [-0.2, 0) is 11.4 Å². The predicted molar refractivity (Wildman–Crippen MR) is 83.1 cm³/mol. The van der Waals surface area contributed by atoms with E-state index in [1.165, 1.54) is 6.92 Å². The molecule has 1 N–H and O–H groups in total. The average molecular weight is 306 g/mol. The third kappa shape index (κ3) is 4.39. The fourth-order valence-corrected chi connectivity index (χ4v) is 2.05. The van der Waals surface area contributed by atoms with Crippen molar-refractivity contribution >= 4 is 23.2 Å². The minimum absolute atomic E-state index is 0.104. The van der Waals surface area contributed by atoms with E-state index in [0.29, 0.717) is 17.4 Å². The Hall–Kier alpha value is -2.20. The molecule has 0 bridgehead atoms. The smallest absolute Gasteiger partial charge is 0.221 e. The van der Waals surface area contributed by atoms with E-state index in [4.69, 9.17) is 21.1 Å². The molecule has 0 radical (unpaired) electrons. The van der Waals surface area contributed by atoms with Crippen molar-refractivity contribution in [3.8, 4) is 11.5 Å². The Balaban J connectivity index is 2.03. The van der Waals surface area contributed by atoms with Gasteiger partial charge in [-0.2, -0.15) is 0 Å². The minimum atomic E-state index is -0.104. The number of rotatable bonds is 5. The zero-order chi connectivity index (χ0) is 15.2. The number of carbonyl (C=O) groups is 1. The fourth-order valence-electron chi connectivity index (χ4n) is 1.86.